The van der Waals surface area contributed by atoms with Crippen LogP contribution >= 0.6 is 15.9 Å². The number of halogens is 1. The van der Waals surface area contributed by atoms with Gasteiger partial charge in [0.1, 0.15) is 0 Å². The Balaban J connectivity index is 2.06. The van der Waals surface area contributed by atoms with Gasteiger partial charge < -0.3 is 15.5 Å². The quantitative estimate of drug-likeness (QED) is 0.923. The Bertz CT molecular complexity index is 422. The Labute approximate surface area is 124 Å². The van der Waals surface area contributed by atoms with E-state index >= 15 is 0 Å². The molecule has 1 fully saturated rings. The van der Waals surface area contributed by atoms with Crippen molar-refractivity contribution in [3.63, 3.8) is 0 Å². The molecule has 0 aromatic heterocycles. The maximum absolute atomic E-state index is 5.66. The highest BCUT2D eigenvalue weighted by molar-refractivity contribution is 9.10. The second kappa shape index (κ2) is 6.73. The van der Waals surface area contributed by atoms with Gasteiger partial charge in [0.15, 0.2) is 0 Å². The normalized spacial score (nSPS) is 20.1. The summed E-state index contributed by atoms with van der Waals surface area (Å²) in [7, 11) is 2.19. The van der Waals surface area contributed by atoms with Crippen LogP contribution in [-0.4, -0.2) is 44.2 Å². The molecule has 106 valence electrons. The van der Waals surface area contributed by atoms with E-state index in [9.17, 15) is 0 Å². The minimum absolute atomic E-state index is 0.623. The van der Waals surface area contributed by atoms with Gasteiger partial charge in [0.25, 0.3) is 0 Å². The molecule has 0 aliphatic carbocycles. The van der Waals surface area contributed by atoms with Crippen LogP contribution in [0.25, 0.3) is 0 Å². The van der Waals surface area contributed by atoms with E-state index in [2.05, 4.69) is 57.9 Å². The topological polar surface area (TPSA) is 32.5 Å². The van der Waals surface area contributed by atoms with Gasteiger partial charge in [-0.15, -0.1) is 0 Å². The molecule has 0 saturated carbocycles. The van der Waals surface area contributed by atoms with Crippen molar-refractivity contribution in [1.82, 2.24) is 4.90 Å². The van der Waals surface area contributed by atoms with E-state index in [1.807, 2.05) is 0 Å². The van der Waals surface area contributed by atoms with Crippen molar-refractivity contribution >= 4 is 21.6 Å². The summed E-state index contributed by atoms with van der Waals surface area (Å²) in [5.41, 5.74) is 8.27. The number of nitrogens with two attached hydrogens (primary N) is 1. The molecule has 1 saturated heterocycles. The summed E-state index contributed by atoms with van der Waals surface area (Å²) < 4.78 is 1.20. The highest BCUT2D eigenvalue weighted by Crippen LogP contribution is 2.26. The fraction of sp³-hybridized carbons (Fsp3) is 0.600. The van der Waals surface area contributed by atoms with Crippen molar-refractivity contribution in [1.29, 1.82) is 0 Å². The molecule has 1 heterocycles. The summed E-state index contributed by atoms with van der Waals surface area (Å²) in [4.78, 5) is 4.89. The Morgan fingerprint density at radius 1 is 1.47 bits per heavy atom. The standard InChI is InChI=1S/C15H24BrN3/c1-12-5-6-13(10-15(12)16)19-8-3-4-14(11-19)18(2)9-7-17/h5-6,10,14H,3-4,7-9,11,17H2,1-2H3. The minimum atomic E-state index is 0.623. The van der Waals surface area contributed by atoms with Crippen LogP contribution in [0.1, 0.15) is 18.4 Å². The second-order valence-corrected chi connectivity index (χ2v) is 6.30. The zero-order valence-electron chi connectivity index (χ0n) is 11.9. The van der Waals surface area contributed by atoms with Crippen molar-refractivity contribution in [2.45, 2.75) is 25.8 Å². The van der Waals surface area contributed by atoms with Gasteiger partial charge in [-0.25, -0.2) is 0 Å². The molecule has 1 aliphatic heterocycles. The van der Waals surface area contributed by atoms with Crippen molar-refractivity contribution in [3.8, 4) is 0 Å². The molecule has 1 atom stereocenters. The average molecular weight is 326 g/mol. The largest absolute Gasteiger partial charge is 0.370 e. The van der Waals surface area contributed by atoms with Crippen LogP contribution in [0.3, 0.4) is 0 Å². The van der Waals surface area contributed by atoms with E-state index in [0.29, 0.717) is 6.04 Å². The van der Waals surface area contributed by atoms with Crippen molar-refractivity contribution in [2.75, 3.05) is 38.1 Å². The first-order chi connectivity index (χ1) is 9.11. The fourth-order valence-corrected chi connectivity index (χ4v) is 3.08. The van der Waals surface area contributed by atoms with E-state index in [1.54, 1.807) is 0 Å². The first-order valence-electron chi connectivity index (χ1n) is 7.03. The van der Waals surface area contributed by atoms with E-state index in [1.165, 1.54) is 28.6 Å². The number of anilines is 1. The third-order valence-electron chi connectivity index (χ3n) is 4.02. The Morgan fingerprint density at radius 2 is 2.26 bits per heavy atom. The number of hydrogen-bond donors (Lipinski definition) is 1. The number of piperidine rings is 1. The first kappa shape index (κ1) is 14.8. The number of benzene rings is 1. The molecule has 0 bridgehead atoms. The summed E-state index contributed by atoms with van der Waals surface area (Å²) in [6.45, 7) is 6.11. The van der Waals surface area contributed by atoms with Gasteiger partial charge in [-0.1, -0.05) is 22.0 Å². The number of likely N-dealkylation sites (N-methyl/N-ethyl adjacent to an activating group) is 1. The predicted molar refractivity (Wildman–Crippen MR) is 85.8 cm³/mol. The second-order valence-electron chi connectivity index (χ2n) is 5.44. The molecule has 1 unspecified atom stereocenters. The maximum atomic E-state index is 5.66. The lowest BCUT2D eigenvalue weighted by molar-refractivity contribution is 0.221. The van der Waals surface area contributed by atoms with Crippen LogP contribution in [0.5, 0.6) is 0 Å². The highest BCUT2D eigenvalue weighted by Gasteiger charge is 2.23. The van der Waals surface area contributed by atoms with Crippen LogP contribution in [0.4, 0.5) is 5.69 Å². The number of aryl methyl sites for hydroxylation is 1. The zero-order valence-corrected chi connectivity index (χ0v) is 13.5. The Hall–Kier alpha value is -0.580. The van der Waals surface area contributed by atoms with Crippen LogP contribution in [0, 0.1) is 6.92 Å². The molecule has 4 heteroatoms. The molecular formula is C15H24BrN3. The molecule has 1 aromatic rings. The van der Waals surface area contributed by atoms with Crippen LogP contribution in [0.15, 0.2) is 22.7 Å². The molecule has 19 heavy (non-hydrogen) atoms. The smallest absolute Gasteiger partial charge is 0.0378 e. The van der Waals surface area contributed by atoms with Gasteiger partial charge in [0, 0.05) is 42.4 Å². The summed E-state index contributed by atoms with van der Waals surface area (Å²) in [6, 6.07) is 7.27. The number of rotatable bonds is 4. The van der Waals surface area contributed by atoms with Gasteiger partial charge >= 0.3 is 0 Å². The monoisotopic (exact) mass is 325 g/mol. The summed E-state index contributed by atoms with van der Waals surface area (Å²) in [5.74, 6) is 0. The number of hydrogen-bond acceptors (Lipinski definition) is 3. The van der Waals surface area contributed by atoms with E-state index < -0.39 is 0 Å². The van der Waals surface area contributed by atoms with Crippen LogP contribution < -0.4 is 10.6 Å². The minimum Gasteiger partial charge on any atom is -0.370 e. The summed E-state index contributed by atoms with van der Waals surface area (Å²) >= 11 is 3.63. The molecule has 1 aliphatic rings. The maximum Gasteiger partial charge on any atom is 0.0378 e. The van der Waals surface area contributed by atoms with Gasteiger partial charge in [0.2, 0.25) is 0 Å². The molecule has 3 nitrogen and oxygen atoms in total. The SMILES string of the molecule is Cc1ccc(N2CCCC(N(C)CCN)C2)cc1Br. The number of nitrogens with zero attached hydrogens (tertiary/aromatic N) is 2. The third-order valence-corrected chi connectivity index (χ3v) is 4.88. The molecule has 0 spiro atoms. The van der Waals surface area contributed by atoms with Gasteiger partial charge in [-0.05, 0) is 44.5 Å². The van der Waals surface area contributed by atoms with Crippen molar-refractivity contribution in [3.05, 3.63) is 28.2 Å². The van der Waals surface area contributed by atoms with E-state index in [4.69, 9.17) is 5.73 Å². The molecule has 0 amide bonds. The molecular weight excluding hydrogens is 302 g/mol. The molecule has 1 aromatic carbocycles. The third kappa shape index (κ3) is 3.71. The van der Waals surface area contributed by atoms with Crippen molar-refractivity contribution in [2.24, 2.45) is 5.73 Å². The molecule has 2 N–H and O–H groups in total. The van der Waals surface area contributed by atoms with Gasteiger partial charge in [-0.3, -0.25) is 0 Å². The lowest BCUT2D eigenvalue weighted by Crippen LogP contribution is -2.47. The highest BCUT2D eigenvalue weighted by atomic mass is 79.9. The van der Waals surface area contributed by atoms with Gasteiger partial charge in [-0.2, -0.15) is 0 Å². The zero-order chi connectivity index (χ0) is 13.8. The lowest BCUT2D eigenvalue weighted by atomic mass is 10.0. The molecule has 2 rings (SSSR count). The first-order valence-corrected chi connectivity index (χ1v) is 7.82. The fourth-order valence-electron chi connectivity index (χ4n) is 2.71. The Morgan fingerprint density at radius 3 is 2.95 bits per heavy atom. The average Bonchev–Trinajstić information content (AvgIpc) is 2.42. The lowest BCUT2D eigenvalue weighted by Gasteiger charge is -2.39. The predicted octanol–water partition coefficient (Wildman–Crippen LogP) is 2.62. The van der Waals surface area contributed by atoms with Gasteiger partial charge in [0.05, 0.1) is 0 Å². The summed E-state index contributed by atoms with van der Waals surface area (Å²) in [6.07, 6.45) is 2.53. The van der Waals surface area contributed by atoms with Crippen LogP contribution in [0.2, 0.25) is 0 Å². The van der Waals surface area contributed by atoms with E-state index in [-0.39, 0.29) is 0 Å². The van der Waals surface area contributed by atoms with E-state index in [0.717, 1.165) is 26.2 Å². The van der Waals surface area contributed by atoms with Crippen LogP contribution in [-0.2, 0) is 0 Å². The molecule has 0 radical (unpaired) electrons. The Kier molecular flexibility index (Phi) is 5.25. The summed E-state index contributed by atoms with van der Waals surface area (Å²) in [5, 5.41) is 0. The van der Waals surface area contributed by atoms with Crippen molar-refractivity contribution < 1.29 is 0 Å².